The number of aliphatic hydroxyl groups is 3. The molecule has 20 heavy (non-hydrogen) atoms. The Bertz CT molecular complexity index is 398. The van der Waals surface area contributed by atoms with Gasteiger partial charge in [0.15, 0.2) is 6.29 Å². The van der Waals surface area contributed by atoms with Gasteiger partial charge in [0.05, 0.1) is 13.2 Å². The van der Waals surface area contributed by atoms with Crippen LogP contribution in [0.3, 0.4) is 0 Å². The van der Waals surface area contributed by atoms with Gasteiger partial charge in [-0.25, -0.2) is 0 Å². The fraction of sp³-hybridized carbons (Fsp3) is 0.571. The summed E-state index contributed by atoms with van der Waals surface area (Å²) < 4.78 is 15.9. The third kappa shape index (κ3) is 3.35. The molecule has 0 radical (unpaired) electrons. The first-order chi connectivity index (χ1) is 9.67. The Balaban J connectivity index is 2.01. The molecular weight excluding hydrogens is 264 g/mol. The summed E-state index contributed by atoms with van der Waals surface area (Å²) in [5.41, 5.74) is 0.938. The predicted molar refractivity (Wildman–Crippen MR) is 69.8 cm³/mol. The van der Waals surface area contributed by atoms with Crippen molar-refractivity contribution in [1.82, 2.24) is 0 Å². The first-order valence-corrected chi connectivity index (χ1v) is 6.48. The molecule has 1 fully saturated rings. The van der Waals surface area contributed by atoms with Gasteiger partial charge in [0.25, 0.3) is 0 Å². The quantitative estimate of drug-likeness (QED) is 0.685. The van der Waals surface area contributed by atoms with Gasteiger partial charge in [-0.05, 0) is 5.56 Å². The monoisotopic (exact) mass is 284 g/mol. The highest BCUT2D eigenvalue weighted by atomic mass is 16.7. The van der Waals surface area contributed by atoms with Crippen molar-refractivity contribution >= 4 is 0 Å². The second-order valence-corrected chi connectivity index (χ2v) is 4.70. The van der Waals surface area contributed by atoms with Crippen LogP contribution in [0.1, 0.15) is 5.56 Å². The summed E-state index contributed by atoms with van der Waals surface area (Å²) in [5.74, 6) is 0. The lowest BCUT2D eigenvalue weighted by Gasteiger charge is -2.41. The topological polar surface area (TPSA) is 88.4 Å². The zero-order chi connectivity index (χ0) is 14.5. The third-order valence-electron chi connectivity index (χ3n) is 3.37. The number of rotatable bonds is 5. The molecule has 2 rings (SSSR count). The number of aliphatic hydroxyl groups excluding tert-OH is 3. The molecular formula is C14H20O6. The van der Waals surface area contributed by atoms with Gasteiger partial charge in [-0.1, -0.05) is 30.3 Å². The maximum atomic E-state index is 10.0. The molecule has 1 saturated heterocycles. The van der Waals surface area contributed by atoms with E-state index in [1.54, 1.807) is 0 Å². The highest BCUT2D eigenvalue weighted by Crippen LogP contribution is 2.25. The Morgan fingerprint density at radius 1 is 1.15 bits per heavy atom. The molecule has 5 atom stereocenters. The molecule has 1 aliphatic heterocycles. The molecule has 1 aliphatic rings. The fourth-order valence-electron chi connectivity index (χ4n) is 2.27. The number of hydrogen-bond acceptors (Lipinski definition) is 6. The zero-order valence-electron chi connectivity index (χ0n) is 11.3. The van der Waals surface area contributed by atoms with Crippen molar-refractivity contribution in [2.75, 3.05) is 13.7 Å². The Morgan fingerprint density at radius 3 is 2.45 bits per heavy atom. The molecule has 3 N–H and O–H groups in total. The molecule has 0 unspecified atom stereocenters. The van der Waals surface area contributed by atoms with Crippen molar-refractivity contribution in [2.24, 2.45) is 0 Å². The minimum Gasteiger partial charge on any atom is -0.394 e. The molecule has 1 heterocycles. The number of benzene rings is 1. The summed E-state index contributed by atoms with van der Waals surface area (Å²) >= 11 is 0. The van der Waals surface area contributed by atoms with E-state index in [1.165, 1.54) is 7.11 Å². The molecule has 1 aromatic carbocycles. The molecule has 0 aromatic heterocycles. The lowest BCUT2D eigenvalue weighted by Crippen LogP contribution is -2.59. The van der Waals surface area contributed by atoms with Crippen LogP contribution in [0.4, 0.5) is 0 Å². The van der Waals surface area contributed by atoms with Gasteiger partial charge in [-0.15, -0.1) is 0 Å². The van der Waals surface area contributed by atoms with Crippen LogP contribution in [0.15, 0.2) is 30.3 Å². The minimum absolute atomic E-state index is 0.266. The van der Waals surface area contributed by atoms with Crippen LogP contribution in [-0.2, 0) is 20.8 Å². The minimum atomic E-state index is -1.26. The van der Waals surface area contributed by atoms with Gasteiger partial charge in [-0.2, -0.15) is 0 Å². The van der Waals surface area contributed by atoms with Crippen LogP contribution in [0, 0.1) is 0 Å². The summed E-state index contributed by atoms with van der Waals surface area (Å²) in [4.78, 5) is 0. The molecule has 6 heteroatoms. The predicted octanol–water partition coefficient (Wildman–Crippen LogP) is -0.343. The van der Waals surface area contributed by atoms with Gasteiger partial charge >= 0.3 is 0 Å². The normalized spacial score (nSPS) is 34.1. The largest absolute Gasteiger partial charge is 0.394 e. The SMILES string of the molecule is CO[C@H]1[C@H](O)[C@@H](CO)O[C@@H](O)[C@@H]1OCc1ccccc1. The van der Waals surface area contributed by atoms with Crippen LogP contribution in [-0.4, -0.2) is 59.7 Å². The molecule has 0 bridgehead atoms. The van der Waals surface area contributed by atoms with Crippen molar-refractivity contribution in [1.29, 1.82) is 0 Å². The Hall–Kier alpha value is -1.02. The molecule has 112 valence electrons. The van der Waals surface area contributed by atoms with Crippen LogP contribution in [0.5, 0.6) is 0 Å². The number of hydrogen-bond donors (Lipinski definition) is 3. The van der Waals surface area contributed by atoms with E-state index >= 15 is 0 Å². The van der Waals surface area contributed by atoms with Gasteiger partial charge in [0.2, 0.25) is 0 Å². The van der Waals surface area contributed by atoms with Gasteiger partial charge in [0, 0.05) is 7.11 Å². The molecule has 0 aliphatic carbocycles. The van der Waals surface area contributed by atoms with Gasteiger partial charge in [0.1, 0.15) is 24.4 Å². The van der Waals surface area contributed by atoms with E-state index in [-0.39, 0.29) is 6.61 Å². The van der Waals surface area contributed by atoms with Crippen molar-refractivity contribution in [2.45, 2.75) is 37.3 Å². The maximum Gasteiger partial charge on any atom is 0.184 e. The van der Waals surface area contributed by atoms with E-state index in [0.29, 0.717) is 0 Å². The Kier molecular flexibility index (Phi) is 5.47. The fourth-order valence-corrected chi connectivity index (χ4v) is 2.27. The maximum absolute atomic E-state index is 10.0. The Labute approximate surface area is 117 Å². The lowest BCUT2D eigenvalue weighted by molar-refractivity contribution is -0.302. The van der Waals surface area contributed by atoms with E-state index in [2.05, 4.69) is 0 Å². The number of methoxy groups -OCH3 is 1. The van der Waals surface area contributed by atoms with Crippen LogP contribution >= 0.6 is 0 Å². The van der Waals surface area contributed by atoms with E-state index < -0.39 is 37.3 Å². The number of ether oxygens (including phenoxy) is 3. The highest BCUT2D eigenvalue weighted by Gasteiger charge is 2.45. The van der Waals surface area contributed by atoms with Crippen LogP contribution in [0.2, 0.25) is 0 Å². The summed E-state index contributed by atoms with van der Waals surface area (Å²) in [6.45, 7) is -0.133. The molecule has 0 spiro atoms. The van der Waals surface area contributed by atoms with E-state index in [9.17, 15) is 10.2 Å². The summed E-state index contributed by atoms with van der Waals surface area (Å²) in [7, 11) is 1.42. The summed E-state index contributed by atoms with van der Waals surface area (Å²) in [6.07, 6.45) is -4.79. The average Bonchev–Trinajstić information content (AvgIpc) is 2.48. The van der Waals surface area contributed by atoms with Gasteiger partial charge in [-0.3, -0.25) is 0 Å². The van der Waals surface area contributed by atoms with E-state index in [1.807, 2.05) is 30.3 Å². The smallest absolute Gasteiger partial charge is 0.184 e. The third-order valence-corrected chi connectivity index (χ3v) is 3.37. The highest BCUT2D eigenvalue weighted by molar-refractivity contribution is 5.13. The first-order valence-electron chi connectivity index (χ1n) is 6.48. The second-order valence-electron chi connectivity index (χ2n) is 4.70. The van der Waals surface area contributed by atoms with Crippen molar-refractivity contribution < 1.29 is 29.5 Å². The van der Waals surface area contributed by atoms with E-state index in [0.717, 1.165) is 5.56 Å². The molecule has 1 aromatic rings. The van der Waals surface area contributed by atoms with Crippen LogP contribution < -0.4 is 0 Å². The standard InChI is InChI=1S/C14H20O6/c1-18-12-11(16)10(7-15)20-14(17)13(12)19-8-9-5-3-2-4-6-9/h2-6,10-17H,7-8H2,1H3/t10-,11-,12+,13-,14-/m1/s1. The van der Waals surface area contributed by atoms with Crippen LogP contribution in [0.25, 0.3) is 0 Å². The van der Waals surface area contributed by atoms with E-state index in [4.69, 9.17) is 19.3 Å². The molecule has 0 saturated carbocycles. The van der Waals surface area contributed by atoms with Gasteiger partial charge < -0.3 is 29.5 Å². The van der Waals surface area contributed by atoms with Crippen molar-refractivity contribution in [3.05, 3.63) is 35.9 Å². The molecule has 6 nitrogen and oxygen atoms in total. The summed E-state index contributed by atoms with van der Waals surface area (Å²) in [5, 5.41) is 29.0. The first kappa shape index (κ1) is 15.4. The van der Waals surface area contributed by atoms with Crippen molar-refractivity contribution in [3.8, 4) is 0 Å². The average molecular weight is 284 g/mol. The molecule has 0 amide bonds. The lowest BCUT2D eigenvalue weighted by atomic mass is 9.99. The summed E-state index contributed by atoms with van der Waals surface area (Å²) in [6, 6.07) is 9.46. The zero-order valence-corrected chi connectivity index (χ0v) is 11.3. The second kappa shape index (κ2) is 7.12. The Morgan fingerprint density at radius 2 is 1.85 bits per heavy atom. The van der Waals surface area contributed by atoms with Crippen molar-refractivity contribution in [3.63, 3.8) is 0 Å².